The number of methoxy groups -OCH3 is 1. The fraction of sp³-hybridized carbons (Fsp3) is 0.444. The summed E-state index contributed by atoms with van der Waals surface area (Å²) in [6.45, 7) is 1.07. The minimum atomic E-state index is -0.403. The van der Waals surface area contributed by atoms with E-state index in [9.17, 15) is 9.59 Å². The lowest BCUT2D eigenvalue weighted by Gasteiger charge is -2.44. The van der Waals surface area contributed by atoms with Crippen molar-refractivity contribution in [2.45, 2.75) is 12.5 Å². The van der Waals surface area contributed by atoms with E-state index in [1.807, 2.05) is 36.4 Å². The van der Waals surface area contributed by atoms with E-state index in [0.29, 0.717) is 19.6 Å². The largest absolute Gasteiger partial charge is 0.490 e. The molecular formula is C18H21NO5. The van der Waals surface area contributed by atoms with Crippen LogP contribution in [0.2, 0.25) is 0 Å². The van der Waals surface area contributed by atoms with Gasteiger partial charge in [-0.15, -0.1) is 0 Å². The van der Waals surface area contributed by atoms with Crippen LogP contribution in [0, 0.1) is 11.8 Å². The Labute approximate surface area is 141 Å². The number of nitrogens with zero attached hydrogens (tertiary/aromatic N) is 1. The monoisotopic (exact) mass is 331 g/mol. The van der Waals surface area contributed by atoms with Crippen LogP contribution in [0.15, 0.2) is 42.5 Å². The Morgan fingerprint density at radius 2 is 1.96 bits per heavy atom. The van der Waals surface area contributed by atoms with Gasteiger partial charge < -0.3 is 19.1 Å². The molecule has 1 aromatic rings. The molecular weight excluding hydrogens is 310 g/mol. The molecule has 0 aromatic heterocycles. The molecule has 1 aromatic carbocycles. The molecule has 2 aliphatic heterocycles. The van der Waals surface area contributed by atoms with Crippen LogP contribution in [0.25, 0.3) is 0 Å². The quantitative estimate of drug-likeness (QED) is 0.470. The van der Waals surface area contributed by atoms with Gasteiger partial charge in [0.05, 0.1) is 19.1 Å². The van der Waals surface area contributed by atoms with Crippen LogP contribution in [-0.2, 0) is 14.3 Å². The second-order valence-electron chi connectivity index (χ2n) is 5.93. The van der Waals surface area contributed by atoms with E-state index in [1.165, 1.54) is 7.11 Å². The van der Waals surface area contributed by atoms with E-state index >= 15 is 0 Å². The molecule has 2 heterocycles. The molecule has 3 atom stereocenters. The summed E-state index contributed by atoms with van der Waals surface area (Å²) in [5, 5.41) is 0. The summed E-state index contributed by atoms with van der Waals surface area (Å²) in [7, 11) is 1.35. The third-order valence-corrected chi connectivity index (χ3v) is 4.39. The maximum Gasteiger partial charge on any atom is 0.410 e. The Bertz CT molecular complexity index is 615. The van der Waals surface area contributed by atoms with E-state index in [4.69, 9.17) is 14.2 Å². The Morgan fingerprint density at radius 3 is 2.67 bits per heavy atom. The van der Waals surface area contributed by atoms with Crippen LogP contribution in [-0.4, -0.2) is 49.9 Å². The summed E-state index contributed by atoms with van der Waals surface area (Å²) in [6, 6.07) is 9.08. The molecule has 1 amide bonds. The number of hydrogen-bond acceptors (Lipinski definition) is 5. The topological polar surface area (TPSA) is 65.1 Å². The predicted octanol–water partition coefficient (Wildman–Crippen LogP) is 2.25. The van der Waals surface area contributed by atoms with E-state index < -0.39 is 6.09 Å². The molecule has 0 spiro atoms. The zero-order chi connectivity index (χ0) is 16.9. The molecule has 0 unspecified atom stereocenters. The van der Waals surface area contributed by atoms with Crippen molar-refractivity contribution in [2.75, 3.05) is 26.9 Å². The van der Waals surface area contributed by atoms with Gasteiger partial charge in [0, 0.05) is 6.54 Å². The lowest BCUT2D eigenvalue weighted by atomic mass is 9.78. The first-order valence-corrected chi connectivity index (χ1v) is 8.06. The highest BCUT2D eigenvalue weighted by Gasteiger charge is 2.44. The minimum absolute atomic E-state index is 0.173. The molecule has 0 radical (unpaired) electrons. The number of amides is 1. The fourth-order valence-corrected chi connectivity index (χ4v) is 3.25. The zero-order valence-corrected chi connectivity index (χ0v) is 13.6. The van der Waals surface area contributed by atoms with Gasteiger partial charge in [0.25, 0.3) is 0 Å². The van der Waals surface area contributed by atoms with Crippen molar-refractivity contribution in [1.29, 1.82) is 0 Å². The lowest BCUT2D eigenvalue weighted by molar-refractivity contribution is -0.153. The minimum Gasteiger partial charge on any atom is -0.490 e. The van der Waals surface area contributed by atoms with Crippen molar-refractivity contribution >= 4 is 12.1 Å². The molecule has 1 fully saturated rings. The van der Waals surface area contributed by atoms with Gasteiger partial charge in [-0.3, -0.25) is 4.79 Å². The van der Waals surface area contributed by atoms with Crippen LogP contribution in [0.5, 0.6) is 5.75 Å². The number of ether oxygens (including phenoxy) is 3. The number of carbonyl (C=O) groups is 2. The van der Waals surface area contributed by atoms with E-state index in [2.05, 4.69) is 6.08 Å². The van der Waals surface area contributed by atoms with Crippen LogP contribution in [0.3, 0.4) is 0 Å². The second kappa shape index (κ2) is 7.38. The summed E-state index contributed by atoms with van der Waals surface area (Å²) in [6.07, 6.45) is 4.26. The summed E-state index contributed by atoms with van der Waals surface area (Å²) in [5.74, 6) is 0.279. The molecule has 0 saturated carbocycles. The first-order chi connectivity index (χ1) is 11.7. The van der Waals surface area contributed by atoms with E-state index in [1.54, 1.807) is 4.90 Å². The van der Waals surface area contributed by atoms with Crippen LogP contribution < -0.4 is 4.74 Å². The van der Waals surface area contributed by atoms with Crippen molar-refractivity contribution in [3.8, 4) is 5.75 Å². The van der Waals surface area contributed by atoms with Gasteiger partial charge in [-0.05, 0) is 24.5 Å². The van der Waals surface area contributed by atoms with Crippen molar-refractivity contribution in [2.24, 2.45) is 11.8 Å². The van der Waals surface area contributed by atoms with E-state index in [-0.39, 0.29) is 30.5 Å². The standard InChI is InChI=1S/C18H21NO5/c1-22-18(21)19-12-13-7-8-16(19)15(11-13)17(20)24-10-9-23-14-5-3-2-4-6-14/h2-8,13,15-16H,9-12H2,1H3/t13-,15-,16-/m0/s1. The van der Waals surface area contributed by atoms with Crippen LogP contribution >= 0.6 is 0 Å². The average Bonchev–Trinajstić information content (AvgIpc) is 2.65. The highest BCUT2D eigenvalue weighted by molar-refractivity contribution is 5.77. The van der Waals surface area contributed by atoms with Gasteiger partial charge >= 0.3 is 12.1 Å². The number of hydrogen-bond donors (Lipinski definition) is 0. The number of benzene rings is 1. The highest BCUT2D eigenvalue weighted by atomic mass is 16.6. The van der Waals surface area contributed by atoms with Gasteiger partial charge in [0.1, 0.15) is 19.0 Å². The molecule has 128 valence electrons. The number of piperidine rings is 1. The maximum atomic E-state index is 12.4. The Balaban J connectivity index is 1.50. The smallest absolute Gasteiger partial charge is 0.410 e. The number of rotatable bonds is 5. The Hall–Kier alpha value is -2.50. The highest BCUT2D eigenvalue weighted by Crippen LogP contribution is 2.35. The predicted molar refractivity (Wildman–Crippen MR) is 86.5 cm³/mol. The van der Waals surface area contributed by atoms with Gasteiger partial charge in [-0.25, -0.2) is 4.79 Å². The van der Waals surface area contributed by atoms with Crippen molar-refractivity contribution < 1.29 is 23.8 Å². The summed E-state index contributed by atoms with van der Waals surface area (Å²) in [4.78, 5) is 25.8. The average molecular weight is 331 g/mol. The van der Waals surface area contributed by atoms with E-state index in [0.717, 1.165) is 5.75 Å². The summed E-state index contributed by atoms with van der Waals surface area (Å²) < 4.78 is 15.6. The lowest BCUT2D eigenvalue weighted by Crippen LogP contribution is -2.55. The first kappa shape index (κ1) is 16.4. The van der Waals surface area contributed by atoms with Crippen molar-refractivity contribution in [1.82, 2.24) is 4.90 Å². The fourth-order valence-electron chi connectivity index (χ4n) is 3.25. The molecule has 24 heavy (non-hydrogen) atoms. The zero-order valence-electron chi connectivity index (χ0n) is 13.6. The normalized spacial score (nSPS) is 24.5. The Morgan fingerprint density at radius 1 is 1.17 bits per heavy atom. The molecule has 1 saturated heterocycles. The molecule has 1 aliphatic carbocycles. The Kier molecular flexibility index (Phi) is 5.03. The van der Waals surface area contributed by atoms with Crippen molar-refractivity contribution in [3.63, 3.8) is 0 Å². The van der Waals surface area contributed by atoms with Gasteiger partial charge in [-0.1, -0.05) is 30.4 Å². The number of para-hydroxylation sites is 1. The van der Waals surface area contributed by atoms with Crippen LogP contribution in [0.1, 0.15) is 6.42 Å². The van der Waals surface area contributed by atoms with Crippen LogP contribution in [0.4, 0.5) is 4.79 Å². The third-order valence-electron chi connectivity index (χ3n) is 4.39. The summed E-state index contributed by atoms with van der Waals surface area (Å²) >= 11 is 0. The first-order valence-electron chi connectivity index (χ1n) is 8.06. The SMILES string of the molecule is COC(=O)N1C[C@H]2C=C[C@H]1[C@@H](C(=O)OCCOc1ccccc1)C2. The van der Waals surface area contributed by atoms with Crippen molar-refractivity contribution in [3.05, 3.63) is 42.5 Å². The molecule has 6 heteroatoms. The number of esters is 1. The molecule has 6 nitrogen and oxygen atoms in total. The third kappa shape index (κ3) is 3.53. The molecule has 2 bridgehead atoms. The molecule has 3 aliphatic rings. The van der Waals surface area contributed by atoms with Gasteiger partial charge in [0.2, 0.25) is 0 Å². The molecule has 4 rings (SSSR count). The van der Waals surface area contributed by atoms with Gasteiger partial charge in [-0.2, -0.15) is 0 Å². The molecule has 0 N–H and O–H groups in total. The number of fused-ring (bicyclic) bond motifs is 2. The maximum absolute atomic E-state index is 12.4. The summed E-state index contributed by atoms with van der Waals surface area (Å²) in [5.41, 5.74) is 0. The number of carbonyl (C=O) groups excluding carboxylic acids is 2. The van der Waals surface area contributed by atoms with Gasteiger partial charge in [0.15, 0.2) is 0 Å². The second-order valence-corrected chi connectivity index (χ2v) is 5.93.